The second-order valence-electron chi connectivity index (χ2n) is 3.80. The van der Waals surface area contributed by atoms with E-state index in [9.17, 15) is 14.0 Å². The molecular formula is C15H15FO3S. The first-order chi connectivity index (χ1) is 9.54. The number of esters is 1. The van der Waals surface area contributed by atoms with Crippen molar-refractivity contribution in [3.63, 3.8) is 0 Å². The van der Waals surface area contributed by atoms with E-state index in [1.54, 1.807) is 6.92 Å². The molecule has 0 atom stereocenters. The number of rotatable bonds is 4. The van der Waals surface area contributed by atoms with E-state index in [1.165, 1.54) is 36.9 Å². The lowest BCUT2D eigenvalue weighted by molar-refractivity contribution is -0.109. The largest absolute Gasteiger partial charge is 0.462 e. The normalized spacial score (nSPS) is 9.55. The number of carbonyl (C=O) groups is 2. The first kappa shape index (κ1) is 16.3. The van der Waals surface area contributed by atoms with E-state index in [1.807, 2.05) is 0 Å². The summed E-state index contributed by atoms with van der Waals surface area (Å²) >= 11 is 1.18. The quantitative estimate of drug-likeness (QED) is 0.486. The molecule has 0 radical (unpaired) electrons. The number of halogens is 1. The van der Waals surface area contributed by atoms with Gasteiger partial charge >= 0.3 is 5.97 Å². The van der Waals surface area contributed by atoms with Crippen molar-refractivity contribution in [2.24, 2.45) is 0 Å². The highest BCUT2D eigenvalue weighted by Gasteiger charge is 2.11. The minimum Gasteiger partial charge on any atom is -0.462 e. The van der Waals surface area contributed by atoms with Gasteiger partial charge in [0.25, 0.3) is 0 Å². The maximum Gasteiger partial charge on any atom is 0.339 e. The summed E-state index contributed by atoms with van der Waals surface area (Å²) in [6.07, 6.45) is 0.489. The van der Waals surface area contributed by atoms with Crippen molar-refractivity contribution in [1.82, 2.24) is 0 Å². The molecule has 1 aromatic rings. The summed E-state index contributed by atoms with van der Waals surface area (Å²) in [5.41, 5.74) is 0.552. The summed E-state index contributed by atoms with van der Waals surface area (Å²) in [7, 11) is 0. The van der Waals surface area contributed by atoms with Crippen LogP contribution in [0.5, 0.6) is 0 Å². The van der Waals surface area contributed by atoms with Crippen molar-refractivity contribution < 1.29 is 18.7 Å². The highest BCUT2D eigenvalue weighted by atomic mass is 32.2. The van der Waals surface area contributed by atoms with Crippen LogP contribution in [0.2, 0.25) is 0 Å². The Morgan fingerprint density at radius 2 is 2.15 bits per heavy atom. The zero-order valence-corrected chi connectivity index (χ0v) is 12.2. The van der Waals surface area contributed by atoms with E-state index in [2.05, 4.69) is 11.8 Å². The number of thioether (sulfide) groups is 1. The predicted molar refractivity (Wildman–Crippen MR) is 77.0 cm³/mol. The lowest BCUT2D eigenvalue weighted by Gasteiger charge is -2.04. The van der Waals surface area contributed by atoms with Gasteiger partial charge in [-0.1, -0.05) is 23.6 Å². The summed E-state index contributed by atoms with van der Waals surface area (Å²) in [6.45, 7) is 3.44. The second kappa shape index (κ2) is 8.39. The van der Waals surface area contributed by atoms with Gasteiger partial charge in [0.2, 0.25) is 0 Å². The van der Waals surface area contributed by atoms with Crippen LogP contribution in [-0.2, 0) is 9.53 Å². The van der Waals surface area contributed by atoms with Gasteiger partial charge in [0.1, 0.15) is 5.82 Å². The zero-order chi connectivity index (χ0) is 15.0. The molecule has 0 aromatic heterocycles. The molecule has 0 unspecified atom stereocenters. The summed E-state index contributed by atoms with van der Waals surface area (Å²) in [4.78, 5) is 22.4. The monoisotopic (exact) mass is 294 g/mol. The van der Waals surface area contributed by atoms with Gasteiger partial charge in [0, 0.05) is 24.7 Å². The highest BCUT2D eigenvalue weighted by molar-refractivity contribution is 8.13. The molecule has 0 saturated heterocycles. The van der Waals surface area contributed by atoms with Crippen LogP contribution in [0.15, 0.2) is 18.2 Å². The minimum absolute atomic E-state index is 0.0322. The van der Waals surface area contributed by atoms with E-state index in [-0.39, 0.29) is 17.3 Å². The molecule has 0 N–H and O–H groups in total. The summed E-state index contributed by atoms with van der Waals surface area (Å²) in [5.74, 6) is 5.18. The third kappa shape index (κ3) is 5.45. The molecule has 0 aliphatic carbocycles. The lowest BCUT2D eigenvalue weighted by Crippen LogP contribution is -2.07. The first-order valence-corrected chi connectivity index (χ1v) is 7.12. The molecule has 3 nitrogen and oxygen atoms in total. The molecule has 0 saturated carbocycles. The van der Waals surface area contributed by atoms with E-state index in [0.29, 0.717) is 17.7 Å². The highest BCUT2D eigenvalue weighted by Crippen LogP contribution is 2.12. The number of ether oxygens (including phenoxy) is 1. The Balaban J connectivity index is 2.82. The van der Waals surface area contributed by atoms with Gasteiger partial charge < -0.3 is 4.74 Å². The molecule has 0 spiro atoms. The van der Waals surface area contributed by atoms with Crippen LogP contribution in [-0.4, -0.2) is 23.4 Å². The van der Waals surface area contributed by atoms with Gasteiger partial charge in [0.15, 0.2) is 5.12 Å². The Kier molecular flexibility index (Phi) is 6.82. The van der Waals surface area contributed by atoms with Crippen molar-refractivity contribution in [2.75, 3.05) is 12.4 Å². The fraction of sp³-hybridized carbons (Fsp3) is 0.333. The molecule has 0 fully saturated rings. The van der Waals surface area contributed by atoms with E-state index in [0.717, 1.165) is 0 Å². The Hall–Kier alpha value is -1.80. The molecule has 0 heterocycles. The van der Waals surface area contributed by atoms with Crippen molar-refractivity contribution in [3.05, 3.63) is 35.1 Å². The van der Waals surface area contributed by atoms with Gasteiger partial charge in [-0.05, 0) is 25.1 Å². The van der Waals surface area contributed by atoms with E-state index >= 15 is 0 Å². The molecule has 1 rings (SSSR count). The Morgan fingerprint density at radius 1 is 1.40 bits per heavy atom. The first-order valence-electron chi connectivity index (χ1n) is 6.13. The van der Waals surface area contributed by atoms with Gasteiger partial charge in [-0.3, -0.25) is 4.79 Å². The number of carbonyl (C=O) groups excluding carboxylic acids is 2. The minimum atomic E-state index is -0.519. The molecule has 0 amide bonds. The van der Waals surface area contributed by atoms with Crippen molar-refractivity contribution in [3.8, 4) is 11.8 Å². The lowest BCUT2D eigenvalue weighted by atomic mass is 10.1. The topological polar surface area (TPSA) is 43.4 Å². The summed E-state index contributed by atoms with van der Waals surface area (Å²) in [6, 6.07) is 3.77. The van der Waals surface area contributed by atoms with Crippen LogP contribution >= 0.6 is 11.8 Å². The number of hydrogen-bond acceptors (Lipinski definition) is 4. The Labute approximate surface area is 121 Å². The third-order valence-electron chi connectivity index (χ3n) is 2.23. The molecule has 0 bridgehead atoms. The molecule has 0 aliphatic rings. The smallest absolute Gasteiger partial charge is 0.339 e. The van der Waals surface area contributed by atoms with Crippen LogP contribution in [0.3, 0.4) is 0 Å². The third-order valence-corrected chi connectivity index (χ3v) is 3.05. The molecular weight excluding hydrogens is 279 g/mol. The molecule has 106 valence electrons. The van der Waals surface area contributed by atoms with Gasteiger partial charge in [-0.2, -0.15) is 0 Å². The van der Waals surface area contributed by atoms with Gasteiger partial charge in [0.05, 0.1) is 12.2 Å². The Bertz CT molecular complexity index is 558. The molecule has 20 heavy (non-hydrogen) atoms. The fourth-order valence-electron chi connectivity index (χ4n) is 1.41. The molecule has 5 heteroatoms. The predicted octanol–water partition coefficient (Wildman–Crippen LogP) is 3.02. The second-order valence-corrected chi connectivity index (χ2v) is 5.07. The van der Waals surface area contributed by atoms with Crippen molar-refractivity contribution in [1.29, 1.82) is 0 Å². The van der Waals surface area contributed by atoms with Crippen LogP contribution in [0.25, 0.3) is 0 Å². The van der Waals surface area contributed by atoms with E-state index in [4.69, 9.17) is 4.74 Å². The number of hydrogen-bond donors (Lipinski definition) is 0. The molecule has 0 aliphatic heterocycles. The maximum atomic E-state index is 13.2. The van der Waals surface area contributed by atoms with E-state index < -0.39 is 11.8 Å². The average Bonchev–Trinajstić information content (AvgIpc) is 2.38. The molecule has 1 aromatic carbocycles. The standard InChI is InChI=1S/C15H15FO3S/c1-3-19-15(18)14-8-7-13(16)10-12(14)6-4-5-9-20-11(2)17/h7-8,10H,3,5,9H2,1-2H3. The summed E-state index contributed by atoms with van der Waals surface area (Å²) < 4.78 is 18.1. The number of benzene rings is 1. The van der Waals surface area contributed by atoms with Crippen LogP contribution < -0.4 is 0 Å². The van der Waals surface area contributed by atoms with Crippen LogP contribution in [0.4, 0.5) is 4.39 Å². The SMILES string of the molecule is CCOC(=O)c1ccc(F)cc1C#CCCSC(C)=O. The maximum absolute atomic E-state index is 13.2. The zero-order valence-electron chi connectivity index (χ0n) is 11.4. The van der Waals surface area contributed by atoms with Crippen LogP contribution in [0.1, 0.15) is 36.2 Å². The average molecular weight is 294 g/mol. The van der Waals surface area contributed by atoms with Crippen molar-refractivity contribution in [2.45, 2.75) is 20.3 Å². The Morgan fingerprint density at radius 3 is 2.80 bits per heavy atom. The van der Waals surface area contributed by atoms with Gasteiger partial charge in [-0.15, -0.1) is 0 Å². The summed E-state index contributed by atoms with van der Waals surface area (Å²) in [5, 5.41) is 0.0322. The van der Waals surface area contributed by atoms with Crippen LogP contribution in [0, 0.1) is 17.7 Å². The van der Waals surface area contributed by atoms with Gasteiger partial charge in [-0.25, -0.2) is 9.18 Å². The van der Waals surface area contributed by atoms with Crippen molar-refractivity contribution >= 4 is 22.8 Å². The fourth-order valence-corrected chi connectivity index (χ4v) is 1.90.